The van der Waals surface area contributed by atoms with Gasteiger partial charge in [-0.1, -0.05) is 12.1 Å². The molecule has 3 heteroatoms. The molecule has 0 amide bonds. The summed E-state index contributed by atoms with van der Waals surface area (Å²) in [7, 11) is 0. The van der Waals surface area contributed by atoms with Crippen LogP contribution >= 0.6 is 0 Å². The third kappa shape index (κ3) is 1.46. The molecule has 0 heterocycles. The van der Waals surface area contributed by atoms with Crippen LogP contribution in [0.5, 0.6) is 5.75 Å². The molecule has 54 valence electrons. The number of benzene rings is 1. The van der Waals surface area contributed by atoms with Crippen molar-refractivity contribution in [2.24, 2.45) is 11.6 Å². The predicted molar refractivity (Wildman–Crippen MR) is 39.1 cm³/mol. The molecule has 0 unspecified atom stereocenters. The van der Waals surface area contributed by atoms with Crippen LogP contribution in [-0.4, -0.2) is 0 Å². The second-order valence-electron chi connectivity index (χ2n) is 1.97. The Morgan fingerprint density at radius 2 is 1.80 bits per heavy atom. The molecular formula is C7H10N2O. The first-order valence-electron chi connectivity index (χ1n) is 3.02. The van der Waals surface area contributed by atoms with Gasteiger partial charge in [0, 0.05) is 6.54 Å². The number of nitrogens with two attached hydrogens (primary N) is 2. The first-order chi connectivity index (χ1) is 4.86. The summed E-state index contributed by atoms with van der Waals surface area (Å²) < 4.78 is 0. The van der Waals surface area contributed by atoms with Crippen LogP contribution in [-0.2, 0) is 6.54 Å². The van der Waals surface area contributed by atoms with Crippen LogP contribution in [0.15, 0.2) is 24.3 Å². The van der Waals surface area contributed by atoms with Gasteiger partial charge in [0.2, 0.25) is 0 Å². The van der Waals surface area contributed by atoms with Gasteiger partial charge < -0.3 is 10.6 Å². The Morgan fingerprint density at radius 1 is 1.20 bits per heavy atom. The molecule has 0 aliphatic rings. The van der Waals surface area contributed by atoms with Crippen molar-refractivity contribution in [1.29, 1.82) is 0 Å². The Morgan fingerprint density at radius 3 is 2.20 bits per heavy atom. The zero-order valence-electron chi connectivity index (χ0n) is 5.58. The summed E-state index contributed by atoms with van der Waals surface area (Å²) in [6.45, 7) is 0.546. The molecular weight excluding hydrogens is 128 g/mol. The smallest absolute Gasteiger partial charge is 0.146 e. The summed E-state index contributed by atoms with van der Waals surface area (Å²) >= 11 is 0. The van der Waals surface area contributed by atoms with Gasteiger partial charge in [0.05, 0.1) is 0 Å². The highest BCUT2D eigenvalue weighted by Crippen LogP contribution is 2.09. The van der Waals surface area contributed by atoms with Gasteiger partial charge >= 0.3 is 0 Å². The van der Waals surface area contributed by atoms with E-state index in [9.17, 15) is 0 Å². The fourth-order valence-electron chi connectivity index (χ4n) is 0.704. The van der Waals surface area contributed by atoms with Crippen LogP contribution in [0, 0.1) is 0 Å². The van der Waals surface area contributed by atoms with E-state index in [1.54, 1.807) is 12.1 Å². The summed E-state index contributed by atoms with van der Waals surface area (Å²) in [6.07, 6.45) is 0. The van der Waals surface area contributed by atoms with Gasteiger partial charge in [0.1, 0.15) is 5.75 Å². The number of hydrogen-bond donors (Lipinski definition) is 2. The molecule has 0 radical (unpaired) electrons. The van der Waals surface area contributed by atoms with Gasteiger partial charge in [-0.15, -0.1) is 0 Å². The Hall–Kier alpha value is -1.06. The fraction of sp³-hybridized carbons (Fsp3) is 0.143. The monoisotopic (exact) mass is 138 g/mol. The molecule has 10 heavy (non-hydrogen) atoms. The van der Waals surface area contributed by atoms with Crippen molar-refractivity contribution >= 4 is 0 Å². The largest absolute Gasteiger partial charge is 0.412 e. The summed E-state index contributed by atoms with van der Waals surface area (Å²) in [5.41, 5.74) is 6.44. The Labute approximate surface area is 59.5 Å². The van der Waals surface area contributed by atoms with E-state index in [1.165, 1.54) is 0 Å². The predicted octanol–water partition coefficient (Wildman–Crippen LogP) is 0.398. The third-order valence-corrected chi connectivity index (χ3v) is 1.30. The minimum atomic E-state index is 0.546. The van der Waals surface area contributed by atoms with E-state index >= 15 is 0 Å². The van der Waals surface area contributed by atoms with Crippen molar-refractivity contribution in [3.63, 3.8) is 0 Å². The lowest BCUT2D eigenvalue weighted by atomic mass is 10.2. The van der Waals surface area contributed by atoms with Crippen LogP contribution in [0.4, 0.5) is 0 Å². The van der Waals surface area contributed by atoms with E-state index in [0.717, 1.165) is 5.56 Å². The molecule has 0 aliphatic heterocycles. The van der Waals surface area contributed by atoms with E-state index in [1.807, 2.05) is 12.1 Å². The molecule has 1 rings (SSSR count). The highest BCUT2D eigenvalue weighted by Gasteiger charge is 1.89. The highest BCUT2D eigenvalue weighted by atomic mass is 16.6. The molecule has 0 spiro atoms. The Bertz CT molecular complexity index is 172. The zero-order chi connectivity index (χ0) is 7.40. The lowest BCUT2D eigenvalue weighted by Crippen LogP contribution is -2.02. The van der Waals surface area contributed by atoms with Crippen LogP contribution in [0.1, 0.15) is 5.56 Å². The molecule has 3 nitrogen and oxygen atoms in total. The van der Waals surface area contributed by atoms with Gasteiger partial charge in [0.25, 0.3) is 0 Å². The van der Waals surface area contributed by atoms with Gasteiger partial charge in [-0.2, -0.15) is 5.90 Å². The SMILES string of the molecule is NCc1ccc(ON)cc1. The summed E-state index contributed by atoms with van der Waals surface area (Å²) in [6, 6.07) is 7.31. The molecule has 0 saturated carbocycles. The summed E-state index contributed by atoms with van der Waals surface area (Å²) in [5, 5.41) is 0. The molecule has 0 aliphatic carbocycles. The van der Waals surface area contributed by atoms with Gasteiger partial charge in [-0.25, -0.2) is 0 Å². The quantitative estimate of drug-likeness (QED) is 0.581. The molecule has 0 fully saturated rings. The Kier molecular flexibility index (Phi) is 2.25. The van der Waals surface area contributed by atoms with E-state index in [4.69, 9.17) is 11.6 Å². The lowest BCUT2D eigenvalue weighted by molar-refractivity contribution is 0.334. The van der Waals surface area contributed by atoms with Crippen molar-refractivity contribution in [3.05, 3.63) is 29.8 Å². The lowest BCUT2D eigenvalue weighted by Gasteiger charge is -1.98. The van der Waals surface area contributed by atoms with Crippen LogP contribution in [0.25, 0.3) is 0 Å². The van der Waals surface area contributed by atoms with E-state index in [-0.39, 0.29) is 0 Å². The molecule has 1 aromatic carbocycles. The van der Waals surface area contributed by atoms with Crippen molar-refractivity contribution < 1.29 is 4.84 Å². The average molecular weight is 138 g/mol. The fourth-order valence-corrected chi connectivity index (χ4v) is 0.704. The second kappa shape index (κ2) is 3.20. The average Bonchev–Trinajstić information content (AvgIpc) is 2.05. The van der Waals surface area contributed by atoms with Crippen molar-refractivity contribution in [3.8, 4) is 5.75 Å². The normalized spacial score (nSPS) is 9.40. The van der Waals surface area contributed by atoms with Crippen LogP contribution in [0.2, 0.25) is 0 Å². The molecule has 0 bridgehead atoms. The van der Waals surface area contributed by atoms with Gasteiger partial charge in [0.15, 0.2) is 0 Å². The topological polar surface area (TPSA) is 61.3 Å². The van der Waals surface area contributed by atoms with E-state index < -0.39 is 0 Å². The molecule has 0 saturated heterocycles. The van der Waals surface area contributed by atoms with Crippen molar-refractivity contribution in [2.75, 3.05) is 0 Å². The maximum Gasteiger partial charge on any atom is 0.146 e. The first kappa shape index (κ1) is 7.05. The third-order valence-electron chi connectivity index (χ3n) is 1.30. The summed E-state index contributed by atoms with van der Waals surface area (Å²) in [5.74, 6) is 5.56. The Balaban J connectivity index is 2.80. The van der Waals surface area contributed by atoms with E-state index in [0.29, 0.717) is 12.3 Å². The van der Waals surface area contributed by atoms with Crippen molar-refractivity contribution in [2.45, 2.75) is 6.54 Å². The number of rotatable bonds is 2. The standard InChI is InChI=1S/C7H10N2O/c8-5-6-1-3-7(10-9)4-2-6/h1-4H,5,8-9H2. The first-order valence-corrected chi connectivity index (χ1v) is 3.02. The minimum absolute atomic E-state index is 0.546. The molecule has 1 aromatic rings. The minimum Gasteiger partial charge on any atom is -0.412 e. The van der Waals surface area contributed by atoms with E-state index in [2.05, 4.69) is 4.84 Å². The summed E-state index contributed by atoms with van der Waals surface area (Å²) in [4.78, 5) is 4.47. The maximum atomic E-state index is 5.37. The zero-order valence-corrected chi connectivity index (χ0v) is 5.58. The maximum absolute atomic E-state index is 5.37. The van der Waals surface area contributed by atoms with Crippen molar-refractivity contribution in [1.82, 2.24) is 0 Å². The molecule has 0 aromatic heterocycles. The van der Waals surface area contributed by atoms with Gasteiger partial charge in [-0.3, -0.25) is 0 Å². The molecule has 0 atom stereocenters. The molecule has 4 N–H and O–H groups in total. The number of hydrogen-bond acceptors (Lipinski definition) is 3. The van der Waals surface area contributed by atoms with Crippen LogP contribution in [0.3, 0.4) is 0 Å². The van der Waals surface area contributed by atoms with Crippen LogP contribution < -0.4 is 16.5 Å². The second-order valence-corrected chi connectivity index (χ2v) is 1.97. The van der Waals surface area contributed by atoms with Gasteiger partial charge in [-0.05, 0) is 17.7 Å². The highest BCUT2D eigenvalue weighted by molar-refractivity contribution is 5.26.